The quantitative estimate of drug-likeness (QED) is 0.561. The minimum atomic E-state index is -0.156. The van der Waals surface area contributed by atoms with Gasteiger partial charge in [0.25, 0.3) is 5.69 Å². The molecule has 0 bridgehead atoms. The number of benzene rings is 1. The summed E-state index contributed by atoms with van der Waals surface area (Å²) in [6, 6.07) is 3.43. The van der Waals surface area contributed by atoms with Gasteiger partial charge in [0.1, 0.15) is 15.6 Å². The molecule has 0 aromatic heterocycles. The van der Waals surface area contributed by atoms with E-state index < -0.39 is 0 Å². The molecule has 0 N–H and O–H groups in total. The van der Waals surface area contributed by atoms with Crippen LogP contribution in [0, 0.1) is 5.92 Å². The van der Waals surface area contributed by atoms with E-state index in [2.05, 4.69) is 34.6 Å². The first kappa shape index (κ1) is 16.1. The van der Waals surface area contributed by atoms with Crippen molar-refractivity contribution in [2.45, 2.75) is 52.1 Å². The average Bonchev–Trinajstić information content (AvgIpc) is 2.50. The summed E-state index contributed by atoms with van der Waals surface area (Å²) < 4.78 is 2.00. The van der Waals surface area contributed by atoms with Crippen molar-refractivity contribution < 1.29 is 4.70 Å². The zero-order chi connectivity index (χ0) is 15.3. The highest BCUT2D eigenvalue weighted by Crippen LogP contribution is 2.49. The lowest BCUT2D eigenvalue weighted by Gasteiger charge is -2.27. The van der Waals surface area contributed by atoms with Crippen LogP contribution >= 0.6 is 34.8 Å². The molecule has 1 aromatic carbocycles. The molecule has 0 unspecified atom stereocenters. The van der Waals surface area contributed by atoms with Gasteiger partial charge >= 0.3 is 0 Å². The highest BCUT2D eigenvalue weighted by molar-refractivity contribution is 6.41. The highest BCUT2D eigenvalue weighted by atomic mass is 35.5. The van der Waals surface area contributed by atoms with Crippen LogP contribution in [0.4, 0.5) is 5.69 Å². The fraction of sp³-hybridized carbons (Fsp3) is 0.600. The lowest BCUT2D eigenvalue weighted by molar-refractivity contribution is -0.583. The van der Waals surface area contributed by atoms with Crippen LogP contribution < -0.4 is 0 Å². The second kappa shape index (κ2) is 5.15. The van der Waals surface area contributed by atoms with E-state index in [-0.39, 0.29) is 11.1 Å². The first-order valence-corrected chi connectivity index (χ1v) is 7.94. The van der Waals surface area contributed by atoms with Gasteiger partial charge in [-0.3, -0.25) is 0 Å². The first-order chi connectivity index (χ1) is 9.13. The Labute approximate surface area is 135 Å². The minimum absolute atomic E-state index is 0.120. The number of hydrogen-bond donors (Lipinski definition) is 0. The maximum Gasteiger partial charge on any atom is 0.269 e. The maximum atomic E-state index is 6.37. The van der Waals surface area contributed by atoms with Gasteiger partial charge in [-0.15, -0.1) is 0 Å². The molecular formula is C15H20Cl3N2+. The van der Waals surface area contributed by atoms with Gasteiger partial charge in [-0.05, 0) is 31.1 Å². The van der Waals surface area contributed by atoms with Crippen molar-refractivity contribution in [1.29, 1.82) is 0 Å². The third-order valence-corrected chi connectivity index (χ3v) is 5.54. The molecule has 2 atom stereocenters. The first-order valence-electron chi connectivity index (χ1n) is 6.81. The number of hydrogen-bond acceptors (Lipinski definition) is 1. The van der Waals surface area contributed by atoms with Crippen molar-refractivity contribution in [2.24, 2.45) is 11.0 Å². The fourth-order valence-corrected chi connectivity index (χ4v) is 3.88. The summed E-state index contributed by atoms with van der Waals surface area (Å²) in [7, 11) is 0. The summed E-state index contributed by atoms with van der Waals surface area (Å²) in [5.74, 6) is 0.378. The van der Waals surface area contributed by atoms with Crippen molar-refractivity contribution in [2.75, 3.05) is 0 Å². The van der Waals surface area contributed by atoms with Gasteiger partial charge in [0.2, 0.25) is 0 Å². The van der Waals surface area contributed by atoms with Gasteiger partial charge < -0.3 is 0 Å². The largest absolute Gasteiger partial charge is 0.269 e. The van der Waals surface area contributed by atoms with Crippen LogP contribution in [0.25, 0.3) is 0 Å². The molecule has 0 aliphatic carbocycles. The van der Waals surface area contributed by atoms with Gasteiger partial charge in [0.05, 0.1) is 5.92 Å². The van der Waals surface area contributed by atoms with Crippen LogP contribution in [0.1, 0.15) is 41.0 Å². The standard InChI is InChI=1S/C15H20Cl3N2/c1-6-15(5)9(2)14(3,4)19-20(15)13-11(17)7-10(16)8-12(13)18/h7-9H,6H2,1-5H3/q+1/t9-,15+/m1/s1. The second-order valence-electron chi connectivity index (χ2n) is 6.22. The van der Waals surface area contributed by atoms with E-state index >= 15 is 0 Å². The Kier molecular flexibility index (Phi) is 4.14. The second-order valence-corrected chi connectivity index (χ2v) is 7.47. The summed E-state index contributed by atoms with van der Waals surface area (Å²) in [6.07, 6.45) is 0.955. The van der Waals surface area contributed by atoms with E-state index in [0.717, 1.165) is 12.1 Å². The van der Waals surface area contributed by atoms with Crippen LogP contribution in [-0.2, 0) is 0 Å². The van der Waals surface area contributed by atoms with Crippen LogP contribution in [-0.4, -0.2) is 15.8 Å². The van der Waals surface area contributed by atoms with Gasteiger partial charge in [0, 0.05) is 18.4 Å². The summed E-state index contributed by atoms with van der Waals surface area (Å²) >= 11 is 18.7. The zero-order valence-electron chi connectivity index (χ0n) is 12.5. The number of rotatable bonds is 2. The van der Waals surface area contributed by atoms with Crippen molar-refractivity contribution in [1.82, 2.24) is 0 Å². The smallest absolute Gasteiger partial charge is 0.0842 e. The normalized spacial score (nSPS) is 28.6. The molecular weight excluding hydrogens is 315 g/mol. The maximum absolute atomic E-state index is 6.37. The molecule has 0 amide bonds. The molecule has 2 nitrogen and oxygen atoms in total. The topological polar surface area (TPSA) is 15.4 Å². The lowest BCUT2D eigenvalue weighted by Crippen LogP contribution is -2.42. The molecule has 1 aliphatic rings. The van der Waals surface area contributed by atoms with Crippen molar-refractivity contribution in [3.05, 3.63) is 27.2 Å². The zero-order valence-corrected chi connectivity index (χ0v) is 14.7. The number of halogens is 3. The third-order valence-electron chi connectivity index (χ3n) is 4.74. The number of azo groups is 2. The molecule has 0 saturated heterocycles. The summed E-state index contributed by atoms with van der Waals surface area (Å²) in [6.45, 7) is 10.9. The molecule has 0 saturated carbocycles. The Morgan fingerprint density at radius 3 is 2.10 bits per heavy atom. The average molecular weight is 335 g/mol. The molecule has 1 aromatic rings. The van der Waals surface area contributed by atoms with Crippen molar-refractivity contribution in [3.8, 4) is 0 Å². The molecule has 5 heteroatoms. The highest BCUT2D eigenvalue weighted by Gasteiger charge is 2.58. The molecule has 2 rings (SSSR count). The molecule has 20 heavy (non-hydrogen) atoms. The van der Waals surface area contributed by atoms with Crippen LogP contribution in [0.5, 0.6) is 0 Å². The summed E-state index contributed by atoms with van der Waals surface area (Å²) in [4.78, 5) is 0. The van der Waals surface area contributed by atoms with Gasteiger partial charge in [-0.1, -0.05) is 53.3 Å². The predicted octanol–water partition coefficient (Wildman–Crippen LogP) is 6.34. The van der Waals surface area contributed by atoms with E-state index in [1.165, 1.54) is 0 Å². The minimum Gasteiger partial charge on any atom is -0.0842 e. The SMILES string of the molecule is CC[C@@]1(C)[C@H](C)C(C)(C)N=[N+]1c1c(Cl)cc(Cl)cc1Cl. The summed E-state index contributed by atoms with van der Waals surface area (Å²) in [5, 5.41) is 6.48. The van der Waals surface area contributed by atoms with E-state index in [4.69, 9.17) is 39.9 Å². The molecule has 1 heterocycles. The van der Waals surface area contributed by atoms with Crippen molar-refractivity contribution >= 4 is 40.5 Å². The molecule has 0 spiro atoms. The summed E-state index contributed by atoms with van der Waals surface area (Å²) in [5.41, 5.74) is 0.473. The molecule has 110 valence electrons. The Bertz CT molecular complexity index is 557. The Balaban J connectivity index is 2.68. The number of nitrogens with zero attached hydrogens (tertiary/aromatic N) is 2. The van der Waals surface area contributed by atoms with E-state index in [1.54, 1.807) is 12.1 Å². The Morgan fingerprint density at radius 2 is 1.65 bits per heavy atom. The van der Waals surface area contributed by atoms with Crippen LogP contribution in [0.2, 0.25) is 15.1 Å². The van der Waals surface area contributed by atoms with E-state index in [1.807, 2.05) is 4.70 Å². The molecule has 0 fully saturated rings. The van der Waals surface area contributed by atoms with Crippen LogP contribution in [0.3, 0.4) is 0 Å². The predicted molar refractivity (Wildman–Crippen MR) is 85.8 cm³/mol. The van der Waals surface area contributed by atoms with Gasteiger partial charge in [0.15, 0.2) is 5.54 Å². The molecule has 0 radical (unpaired) electrons. The van der Waals surface area contributed by atoms with E-state index in [9.17, 15) is 0 Å². The monoisotopic (exact) mass is 333 g/mol. The van der Waals surface area contributed by atoms with Crippen LogP contribution in [0.15, 0.2) is 17.2 Å². The molecule has 1 aliphatic heterocycles. The van der Waals surface area contributed by atoms with Gasteiger partial charge in [-0.25, -0.2) is 0 Å². The van der Waals surface area contributed by atoms with Crippen molar-refractivity contribution in [3.63, 3.8) is 0 Å². The van der Waals surface area contributed by atoms with E-state index in [0.29, 0.717) is 21.0 Å². The van der Waals surface area contributed by atoms with Gasteiger partial charge in [-0.2, -0.15) is 0 Å². The fourth-order valence-electron chi connectivity index (χ4n) is 2.90. The Hall–Kier alpha value is -0.310. The Morgan fingerprint density at radius 1 is 1.15 bits per heavy atom. The third kappa shape index (κ3) is 2.36. The lowest BCUT2D eigenvalue weighted by atomic mass is 9.75.